The molecule has 0 radical (unpaired) electrons. The van der Waals surface area contributed by atoms with E-state index in [1.165, 1.54) is 25.2 Å². The molecule has 1 heterocycles. The maximum atomic E-state index is 14.9. The normalized spacial score (nSPS) is 18.5. The molecule has 0 fully saturated rings. The fourth-order valence-corrected chi connectivity index (χ4v) is 6.25. The van der Waals surface area contributed by atoms with Crippen LogP contribution in [0.4, 0.5) is 4.39 Å². The van der Waals surface area contributed by atoms with Crippen molar-refractivity contribution >= 4 is 23.5 Å². The predicted octanol–water partition coefficient (Wildman–Crippen LogP) is 4.97. The van der Waals surface area contributed by atoms with Gasteiger partial charge in [-0.15, -0.1) is 0 Å². The van der Waals surface area contributed by atoms with E-state index in [0.29, 0.717) is 25.9 Å². The summed E-state index contributed by atoms with van der Waals surface area (Å²) in [6.07, 6.45) is 5.88. The summed E-state index contributed by atoms with van der Waals surface area (Å²) in [4.78, 5) is 29.0. The molecule has 1 aliphatic heterocycles. The zero-order valence-corrected chi connectivity index (χ0v) is 28.2. The summed E-state index contributed by atoms with van der Waals surface area (Å²) in [7, 11) is 5.30. The number of ether oxygens (including phenoxy) is 2. The Morgan fingerprint density at radius 2 is 1.93 bits per heavy atom. The second-order valence-corrected chi connectivity index (χ2v) is 13.4. The third-order valence-electron chi connectivity index (χ3n) is 8.68. The molecule has 2 aliphatic rings. The molecule has 2 aromatic carbocycles. The highest BCUT2D eigenvalue weighted by atomic mass is 19.2. The SMILES string of the molecule is COC(C)(F)C/C(=C\NC(CC(C)C)C(=O)N[C@H]1CC(=O)OCCC2=c3c1cc(-c1c(C)cccc1C)cc3=C2)CCN(C)C. The molecule has 2 aromatic rings. The van der Waals surface area contributed by atoms with E-state index >= 15 is 0 Å². The van der Waals surface area contributed by atoms with Crippen LogP contribution in [0.5, 0.6) is 0 Å². The maximum absolute atomic E-state index is 14.9. The molecule has 45 heavy (non-hydrogen) atoms. The number of rotatable bonds is 13. The van der Waals surface area contributed by atoms with Crippen LogP contribution in [0, 0.1) is 19.8 Å². The van der Waals surface area contributed by atoms with Crippen molar-refractivity contribution in [2.75, 3.05) is 34.4 Å². The number of aryl methyl sites for hydroxylation is 2. The fourth-order valence-electron chi connectivity index (χ4n) is 6.25. The van der Waals surface area contributed by atoms with Gasteiger partial charge in [0.05, 0.1) is 19.1 Å². The van der Waals surface area contributed by atoms with E-state index in [2.05, 4.69) is 74.7 Å². The molecule has 7 nitrogen and oxygen atoms in total. The van der Waals surface area contributed by atoms with E-state index in [9.17, 15) is 14.0 Å². The largest absolute Gasteiger partial charge is 0.465 e. The first-order chi connectivity index (χ1) is 21.3. The van der Waals surface area contributed by atoms with Crippen LogP contribution in [-0.2, 0) is 19.1 Å². The lowest BCUT2D eigenvalue weighted by molar-refractivity contribution is -0.144. The maximum Gasteiger partial charge on any atom is 0.308 e. The number of alkyl halides is 1. The average Bonchev–Trinajstić information content (AvgIpc) is 3.00. The summed E-state index contributed by atoms with van der Waals surface area (Å²) in [6, 6.07) is 9.46. The molecule has 0 aromatic heterocycles. The number of carbonyl (C=O) groups is 2. The number of benzene rings is 2. The van der Waals surface area contributed by atoms with Gasteiger partial charge in [-0.1, -0.05) is 38.1 Å². The summed E-state index contributed by atoms with van der Waals surface area (Å²) < 4.78 is 25.5. The van der Waals surface area contributed by atoms with Crippen LogP contribution in [0.15, 0.2) is 42.1 Å². The summed E-state index contributed by atoms with van der Waals surface area (Å²) >= 11 is 0. The van der Waals surface area contributed by atoms with E-state index in [1.54, 1.807) is 6.20 Å². The lowest BCUT2D eigenvalue weighted by atomic mass is 9.85. The highest BCUT2D eigenvalue weighted by Crippen LogP contribution is 2.30. The van der Waals surface area contributed by atoms with Crippen LogP contribution in [-0.4, -0.2) is 63.0 Å². The summed E-state index contributed by atoms with van der Waals surface area (Å²) in [6.45, 7) is 10.8. The number of esters is 1. The number of carbonyl (C=O) groups excluding carboxylic acids is 2. The number of amides is 1. The smallest absolute Gasteiger partial charge is 0.308 e. The molecule has 1 amide bonds. The number of methoxy groups -OCH3 is 1. The Kier molecular flexibility index (Phi) is 11.3. The standard InChI is InChI=1S/C37H50FN3O4/c1-23(2)16-32(39-22-26(12-14-41(6)7)21-37(5,38)44-8)36(43)40-31-20-33(42)45-15-13-27-17-28-18-29(19-30(31)35(27)28)34-24(3)10-9-11-25(34)4/h9-11,17-19,22-23,31-32,39H,12-16,20-21H2,1-8H3,(H,40,43)/b26-22-/t31-,32?,37?/m0/s1. The molecule has 244 valence electrons. The Hall–Kier alpha value is -3.49. The number of cyclic esters (lactones) is 1. The second kappa shape index (κ2) is 14.7. The van der Waals surface area contributed by atoms with Crippen LogP contribution < -0.4 is 21.1 Å². The molecule has 8 heteroatoms. The number of hydrogen-bond donors (Lipinski definition) is 2. The lowest BCUT2D eigenvalue weighted by Gasteiger charge is -2.27. The first kappa shape index (κ1) is 34.4. The molecule has 0 bridgehead atoms. The van der Waals surface area contributed by atoms with Crippen molar-refractivity contribution < 1.29 is 23.5 Å². The minimum atomic E-state index is -1.82. The van der Waals surface area contributed by atoms with Gasteiger partial charge < -0.3 is 25.0 Å². The van der Waals surface area contributed by atoms with E-state index in [1.807, 2.05) is 19.0 Å². The van der Waals surface area contributed by atoms with Gasteiger partial charge >= 0.3 is 5.97 Å². The molecular formula is C37H50FN3O4. The molecule has 2 unspecified atom stereocenters. The molecule has 2 N–H and O–H groups in total. The van der Waals surface area contributed by atoms with Gasteiger partial charge in [0.25, 0.3) is 0 Å². The average molecular weight is 620 g/mol. The lowest BCUT2D eigenvalue weighted by Crippen LogP contribution is -2.47. The third kappa shape index (κ3) is 8.82. The van der Waals surface area contributed by atoms with Crippen LogP contribution >= 0.6 is 0 Å². The van der Waals surface area contributed by atoms with Crippen molar-refractivity contribution in [2.24, 2.45) is 5.92 Å². The van der Waals surface area contributed by atoms with Crippen molar-refractivity contribution in [3.8, 4) is 11.1 Å². The van der Waals surface area contributed by atoms with E-state index in [4.69, 9.17) is 9.47 Å². The highest BCUT2D eigenvalue weighted by molar-refractivity contribution is 5.87. The zero-order valence-electron chi connectivity index (χ0n) is 28.2. The van der Waals surface area contributed by atoms with Crippen LogP contribution in [0.1, 0.15) is 75.6 Å². The Bertz CT molecular complexity index is 1540. The summed E-state index contributed by atoms with van der Waals surface area (Å²) in [5.41, 5.74) is 7.47. The Balaban J connectivity index is 1.70. The van der Waals surface area contributed by atoms with Gasteiger partial charge in [-0.3, -0.25) is 9.59 Å². The quantitative estimate of drug-likeness (QED) is 0.308. The molecule has 0 saturated carbocycles. The van der Waals surface area contributed by atoms with Crippen LogP contribution in [0.2, 0.25) is 0 Å². The van der Waals surface area contributed by atoms with Gasteiger partial charge in [0.1, 0.15) is 6.04 Å². The van der Waals surface area contributed by atoms with Crippen molar-refractivity contribution in [3.05, 3.63) is 69.2 Å². The second-order valence-electron chi connectivity index (χ2n) is 13.4. The number of halogens is 1. The highest BCUT2D eigenvalue weighted by Gasteiger charge is 2.29. The minimum Gasteiger partial charge on any atom is -0.465 e. The molecule has 4 rings (SSSR count). The van der Waals surface area contributed by atoms with E-state index in [0.717, 1.165) is 44.8 Å². The molecular weight excluding hydrogens is 569 g/mol. The van der Waals surface area contributed by atoms with Gasteiger partial charge in [0, 0.05) is 26.5 Å². The third-order valence-corrected chi connectivity index (χ3v) is 8.68. The van der Waals surface area contributed by atoms with Crippen molar-refractivity contribution in [1.29, 1.82) is 0 Å². The summed E-state index contributed by atoms with van der Waals surface area (Å²) in [5.74, 6) is -2.16. The van der Waals surface area contributed by atoms with Crippen molar-refractivity contribution in [2.45, 2.75) is 84.7 Å². The zero-order chi connectivity index (χ0) is 32.9. The van der Waals surface area contributed by atoms with Crippen LogP contribution in [0.3, 0.4) is 0 Å². The number of nitrogens with one attached hydrogen (secondary N) is 2. The van der Waals surface area contributed by atoms with Gasteiger partial charge in [-0.25, -0.2) is 4.39 Å². The Labute approximate surface area is 267 Å². The molecule has 1 aliphatic carbocycles. The Morgan fingerprint density at radius 3 is 2.58 bits per heavy atom. The summed E-state index contributed by atoms with van der Waals surface area (Å²) in [5, 5.41) is 8.77. The van der Waals surface area contributed by atoms with Gasteiger partial charge in [-0.2, -0.15) is 0 Å². The fraction of sp³-hybridized carbons (Fsp3) is 0.514. The monoisotopic (exact) mass is 619 g/mol. The first-order valence-electron chi connectivity index (χ1n) is 16.0. The Morgan fingerprint density at radius 1 is 1.22 bits per heavy atom. The minimum absolute atomic E-state index is 0.0357. The molecule has 0 saturated heterocycles. The van der Waals surface area contributed by atoms with Gasteiger partial charge in [0.15, 0.2) is 0 Å². The predicted molar refractivity (Wildman–Crippen MR) is 178 cm³/mol. The molecule has 0 spiro atoms. The first-order valence-corrected chi connectivity index (χ1v) is 16.0. The van der Waals surface area contributed by atoms with E-state index < -0.39 is 17.9 Å². The van der Waals surface area contributed by atoms with Crippen molar-refractivity contribution in [3.63, 3.8) is 0 Å². The van der Waals surface area contributed by atoms with Gasteiger partial charge in [-0.05, 0) is 121 Å². The van der Waals surface area contributed by atoms with Gasteiger partial charge in [0.2, 0.25) is 11.8 Å². The molecule has 3 atom stereocenters. The van der Waals surface area contributed by atoms with Crippen molar-refractivity contribution in [1.82, 2.24) is 15.5 Å². The number of nitrogens with zero attached hydrogens (tertiary/aromatic N) is 1. The van der Waals surface area contributed by atoms with E-state index in [-0.39, 0.29) is 30.6 Å². The number of hydrogen-bond acceptors (Lipinski definition) is 6. The van der Waals surface area contributed by atoms with Crippen LogP contribution in [0.25, 0.3) is 22.8 Å². The topological polar surface area (TPSA) is 79.9 Å².